The van der Waals surface area contributed by atoms with E-state index in [1.54, 1.807) is 20.5 Å². The average Bonchev–Trinajstić information content (AvgIpc) is 3.54. The number of rotatable bonds is 5. The predicted molar refractivity (Wildman–Crippen MR) is 157 cm³/mol. The molecule has 1 saturated carbocycles. The molecular formula is C30H38N8O3. The van der Waals surface area contributed by atoms with E-state index in [2.05, 4.69) is 30.2 Å². The summed E-state index contributed by atoms with van der Waals surface area (Å²) < 4.78 is 11.1. The number of hydrogen-bond acceptors (Lipinski definition) is 7. The number of carbonyl (C=O) groups is 1. The van der Waals surface area contributed by atoms with Gasteiger partial charge in [0.2, 0.25) is 5.95 Å². The standard InChI is InChI=1S/C30H38N8O3/c1-18(2)37-26(39)22-15-31-27(33-25(22)38(37)24-12-13-36(34-24)21-9-10-21)32-20-8-11-23-19(14-20)16-35(17-30(23,6)7)28(40)41-29(3,4)5/h8,11-15,18,21H,9-10,16-17H2,1-7H3,(H,31,32,33). The molecule has 4 aromatic rings. The molecule has 0 spiro atoms. The van der Waals surface area contributed by atoms with E-state index in [0.29, 0.717) is 41.9 Å². The van der Waals surface area contributed by atoms with Crippen LogP contribution >= 0.6 is 0 Å². The summed E-state index contributed by atoms with van der Waals surface area (Å²) in [6.45, 7) is 14.9. The summed E-state index contributed by atoms with van der Waals surface area (Å²) in [6.07, 6.45) is 5.46. The Morgan fingerprint density at radius 1 is 1.17 bits per heavy atom. The van der Waals surface area contributed by atoms with Gasteiger partial charge in [0.15, 0.2) is 11.5 Å². The maximum Gasteiger partial charge on any atom is 0.410 e. The Hall–Kier alpha value is -4.15. The fraction of sp³-hybridized carbons (Fsp3) is 0.500. The van der Waals surface area contributed by atoms with Gasteiger partial charge in [-0.2, -0.15) is 10.1 Å². The molecular weight excluding hydrogens is 520 g/mol. The van der Waals surface area contributed by atoms with Gasteiger partial charge in [-0.3, -0.25) is 9.48 Å². The first-order chi connectivity index (χ1) is 19.3. The van der Waals surface area contributed by atoms with Crippen LogP contribution in [-0.4, -0.2) is 52.3 Å². The summed E-state index contributed by atoms with van der Waals surface area (Å²) in [6, 6.07) is 8.38. The first kappa shape index (κ1) is 27.0. The third kappa shape index (κ3) is 5.09. The lowest BCUT2D eigenvalue weighted by atomic mass is 9.78. The largest absolute Gasteiger partial charge is 0.444 e. The number of fused-ring (bicyclic) bond motifs is 2. The zero-order chi connectivity index (χ0) is 29.3. The Kier molecular flexibility index (Phi) is 6.24. The smallest absolute Gasteiger partial charge is 0.410 e. The van der Waals surface area contributed by atoms with E-state index in [1.807, 2.05) is 63.7 Å². The molecule has 216 valence electrons. The second-order valence-corrected chi connectivity index (χ2v) is 13.1. The van der Waals surface area contributed by atoms with Crippen LogP contribution in [0.4, 0.5) is 16.4 Å². The fourth-order valence-corrected chi connectivity index (χ4v) is 5.60. The first-order valence-electron chi connectivity index (χ1n) is 14.2. The zero-order valence-electron chi connectivity index (χ0n) is 24.8. The summed E-state index contributed by atoms with van der Waals surface area (Å²) in [7, 11) is 0. The molecule has 1 aromatic carbocycles. The van der Waals surface area contributed by atoms with Crippen molar-refractivity contribution in [2.45, 2.75) is 91.0 Å². The molecule has 2 aliphatic rings. The van der Waals surface area contributed by atoms with E-state index in [0.717, 1.165) is 24.1 Å². The highest BCUT2D eigenvalue weighted by molar-refractivity contribution is 5.77. The molecule has 11 nitrogen and oxygen atoms in total. The van der Waals surface area contributed by atoms with Gasteiger partial charge < -0.3 is 15.0 Å². The predicted octanol–water partition coefficient (Wildman–Crippen LogP) is 5.47. The van der Waals surface area contributed by atoms with Gasteiger partial charge >= 0.3 is 6.09 Å². The van der Waals surface area contributed by atoms with E-state index in [1.165, 1.54) is 5.56 Å². The minimum absolute atomic E-state index is 0.101. The molecule has 0 radical (unpaired) electrons. The summed E-state index contributed by atoms with van der Waals surface area (Å²) >= 11 is 0. The van der Waals surface area contributed by atoms with Gasteiger partial charge in [-0.05, 0) is 70.7 Å². The Labute approximate surface area is 239 Å². The monoisotopic (exact) mass is 558 g/mol. The number of nitrogens with zero attached hydrogens (tertiary/aromatic N) is 7. The van der Waals surface area contributed by atoms with Crippen LogP contribution in [0.3, 0.4) is 0 Å². The van der Waals surface area contributed by atoms with Crippen molar-refractivity contribution in [1.82, 2.24) is 34.0 Å². The van der Waals surface area contributed by atoms with E-state index < -0.39 is 5.60 Å². The lowest BCUT2D eigenvalue weighted by Gasteiger charge is -2.40. The van der Waals surface area contributed by atoms with Crippen LogP contribution in [0.2, 0.25) is 0 Å². The summed E-state index contributed by atoms with van der Waals surface area (Å²) in [5.74, 6) is 1.02. The van der Waals surface area contributed by atoms with Gasteiger partial charge in [-0.25, -0.2) is 19.1 Å². The summed E-state index contributed by atoms with van der Waals surface area (Å²) in [5, 5.41) is 8.52. The van der Waals surface area contributed by atoms with Gasteiger partial charge in [0.05, 0.1) is 6.04 Å². The number of aromatic nitrogens is 6. The normalized spacial score (nSPS) is 16.7. The highest BCUT2D eigenvalue weighted by Gasteiger charge is 2.36. The molecule has 1 amide bonds. The fourth-order valence-electron chi connectivity index (χ4n) is 5.60. The van der Waals surface area contributed by atoms with E-state index in [9.17, 15) is 9.59 Å². The van der Waals surface area contributed by atoms with Crippen molar-refractivity contribution in [2.75, 3.05) is 11.9 Å². The molecule has 0 atom stereocenters. The van der Waals surface area contributed by atoms with Crippen LogP contribution in [0.1, 0.15) is 84.5 Å². The van der Waals surface area contributed by atoms with Crippen LogP contribution in [0, 0.1) is 0 Å². The van der Waals surface area contributed by atoms with Crippen molar-refractivity contribution in [2.24, 2.45) is 0 Å². The molecule has 1 aliphatic heterocycles. The molecule has 0 saturated heterocycles. The highest BCUT2D eigenvalue weighted by Crippen LogP contribution is 2.36. The summed E-state index contributed by atoms with van der Waals surface area (Å²) in [4.78, 5) is 37.3. The maximum absolute atomic E-state index is 13.3. The minimum Gasteiger partial charge on any atom is -0.444 e. The minimum atomic E-state index is -0.563. The van der Waals surface area contributed by atoms with Gasteiger partial charge in [-0.1, -0.05) is 19.9 Å². The first-order valence-corrected chi connectivity index (χ1v) is 14.2. The molecule has 0 bridgehead atoms. The van der Waals surface area contributed by atoms with Crippen LogP contribution in [0.15, 0.2) is 41.5 Å². The van der Waals surface area contributed by atoms with Crippen molar-refractivity contribution in [3.05, 3.63) is 58.1 Å². The van der Waals surface area contributed by atoms with E-state index in [-0.39, 0.29) is 23.1 Å². The Morgan fingerprint density at radius 3 is 2.61 bits per heavy atom. The molecule has 11 heteroatoms. The van der Waals surface area contributed by atoms with Gasteiger partial charge in [0.1, 0.15) is 11.0 Å². The number of benzene rings is 1. The number of amides is 1. The van der Waals surface area contributed by atoms with Gasteiger partial charge in [0.25, 0.3) is 5.56 Å². The Morgan fingerprint density at radius 2 is 1.93 bits per heavy atom. The summed E-state index contributed by atoms with van der Waals surface area (Å²) in [5.41, 5.74) is 2.56. The van der Waals surface area contributed by atoms with Gasteiger partial charge in [-0.15, -0.1) is 0 Å². The molecule has 1 aliphatic carbocycles. The third-order valence-corrected chi connectivity index (χ3v) is 7.53. The quantitative estimate of drug-likeness (QED) is 0.346. The maximum atomic E-state index is 13.3. The van der Waals surface area contributed by atoms with Crippen LogP contribution in [0.5, 0.6) is 0 Å². The lowest BCUT2D eigenvalue weighted by molar-refractivity contribution is 0.0174. The van der Waals surface area contributed by atoms with Crippen molar-refractivity contribution in [3.8, 4) is 5.82 Å². The molecule has 1 fully saturated rings. The topological polar surface area (TPSA) is 112 Å². The number of ether oxygens (including phenoxy) is 1. The van der Waals surface area contributed by atoms with E-state index >= 15 is 0 Å². The molecule has 6 rings (SSSR count). The van der Waals surface area contributed by atoms with Crippen LogP contribution in [-0.2, 0) is 16.7 Å². The van der Waals surface area contributed by atoms with Crippen molar-refractivity contribution in [1.29, 1.82) is 0 Å². The SMILES string of the molecule is CC(C)n1c(=O)c2cnc(Nc3ccc4c(c3)CN(C(=O)OC(C)(C)C)CC4(C)C)nc2n1-c1ccn(C2CC2)n1. The zero-order valence-corrected chi connectivity index (χ0v) is 24.8. The highest BCUT2D eigenvalue weighted by atomic mass is 16.6. The Balaban J connectivity index is 1.34. The molecule has 4 heterocycles. The van der Waals surface area contributed by atoms with Gasteiger partial charge in [0, 0.05) is 48.7 Å². The van der Waals surface area contributed by atoms with Crippen LogP contribution in [0.25, 0.3) is 16.9 Å². The van der Waals surface area contributed by atoms with E-state index in [4.69, 9.17) is 14.8 Å². The number of carbonyl (C=O) groups excluding carboxylic acids is 1. The van der Waals surface area contributed by atoms with Crippen molar-refractivity contribution < 1.29 is 9.53 Å². The lowest BCUT2D eigenvalue weighted by Crippen LogP contribution is -2.46. The number of anilines is 2. The molecule has 3 aromatic heterocycles. The Bertz CT molecular complexity index is 1700. The third-order valence-electron chi connectivity index (χ3n) is 7.53. The average molecular weight is 559 g/mol. The number of nitrogens with one attached hydrogen (secondary N) is 1. The molecule has 1 N–H and O–H groups in total. The van der Waals surface area contributed by atoms with Crippen molar-refractivity contribution >= 4 is 28.8 Å². The second-order valence-electron chi connectivity index (χ2n) is 13.1. The van der Waals surface area contributed by atoms with Crippen LogP contribution < -0.4 is 10.9 Å². The number of hydrogen-bond donors (Lipinski definition) is 1. The second kappa shape index (κ2) is 9.46. The molecule has 41 heavy (non-hydrogen) atoms. The molecule has 0 unspecified atom stereocenters. The van der Waals surface area contributed by atoms with Crippen molar-refractivity contribution in [3.63, 3.8) is 0 Å².